The minimum absolute atomic E-state index is 0.745. The summed E-state index contributed by atoms with van der Waals surface area (Å²) >= 11 is 0. The van der Waals surface area contributed by atoms with E-state index in [1.807, 2.05) is 0 Å². The van der Waals surface area contributed by atoms with Crippen LogP contribution >= 0.6 is 0 Å². The third-order valence-electron chi connectivity index (χ3n) is 4.57. The smallest absolute Gasteiger partial charge is 0.107 e. The zero-order chi connectivity index (χ0) is 12.9. The second kappa shape index (κ2) is 6.53. The molecule has 3 rings (SSSR count). The number of imidazole rings is 1. The van der Waals surface area contributed by atoms with E-state index < -0.39 is 0 Å². The highest BCUT2D eigenvalue weighted by Crippen LogP contribution is 2.31. The molecule has 1 saturated carbocycles. The van der Waals surface area contributed by atoms with E-state index in [0.717, 1.165) is 32.0 Å². The van der Waals surface area contributed by atoms with Gasteiger partial charge in [0.15, 0.2) is 0 Å². The number of rotatable bonds is 4. The van der Waals surface area contributed by atoms with Gasteiger partial charge < -0.3 is 15.2 Å². The highest BCUT2D eigenvalue weighted by atomic mass is 15.2. The van der Waals surface area contributed by atoms with Crippen molar-refractivity contribution in [2.45, 2.75) is 44.4 Å². The Morgan fingerprint density at radius 3 is 2.74 bits per heavy atom. The molecule has 1 aliphatic carbocycles. The van der Waals surface area contributed by atoms with Crippen molar-refractivity contribution in [1.82, 2.24) is 20.2 Å². The Balaban J connectivity index is 1.49. The van der Waals surface area contributed by atoms with Crippen molar-refractivity contribution in [2.24, 2.45) is 0 Å². The summed E-state index contributed by atoms with van der Waals surface area (Å²) in [6, 6.07) is 0. The largest absolute Gasteiger partial charge is 0.346 e. The number of aromatic amines is 1. The van der Waals surface area contributed by atoms with E-state index >= 15 is 0 Å². The number of nitrogens with one attached hydrogen (secondary N) is 2. The van der Waals surface area contributed by atoms with Gasteiger partial charge >= 0.3 is 0 Å². The predicted molar refractivity (Wildman–Crippen MR) is 77.4 cm³/mol. The Kier molecular flexibility index (Phi) is 4.51. The van der Waals surface area contributed by atoms with Crippen LogP contribution in [0.5, 0.6) is 0 Å². The van der Waals surface area contributed by atoms with Gasteiger partial charge in [-0.05, 0) is 12.8 Å². The number of aromatic nitrogens is 2. The third-order valence-corrected chi connectivity index (χ3v) is 4.57. The normalized spacial score (nSPS) is 22.7. The van der Waals surface area contributed by atoms with Gasteiger partial charge in [-0.1, -0.05) is 19.3 Å². The van der Waals surface area contributed by atoms with Crippen LogP contribution in [0, 0.1) is 0 Å². The lowest BCUT2D eigenvalue weighted by atomic mass is 9.87. The summed E-state index contributed by atoms with van der Waals surface area (Å²) < 4.78 is 0. The number of hydrogen-bond donors (Lipinski definition) is 2. The molecule has 0 spiro atoms. The van der Waals surface area contributed by atoms with Crippen LogP contribution < -0.4 is 5.32 Å². The van der Waals surface area contributed by atoms with Crippen molar-refractivity contribution < 1.29 is 0 Å². The van der Waals surface area contributed by atoms with Crippen LogP contribution in [0.3, 0.4) is 0 Å². The van der Waals surface area contributed by atoms with E-state index in [2.05, 4.69) is 26.4 Å². The maximum absolute atomic E-state index is 4.58. The van der Waals surface area contributed by atoms with Gasteiger partial charge in [0, 0.05) is 57.0 Å². The fourth-order valence-electron chi connectivity index (χ4n) is 3.33. The molecule has 19 heavy (non-hydrogen) atoms. The molecule has 0 unspecified atom stereocenters. The maximum atomic E-state index is 4.58. The van der Waals surface area contributed by atoms with Gasteiger partial charge in [0.25, 0.3) is 0 Å². The first-order valence-electron chi connectivity index (χ1n) is 7.88. The maximum Gasteiger partial charge on any atom is 0.107 e. The van der Waals surface area contributed by atoms with Gasteiger partial charge in [-0.15, -0.1) is 0 Å². The van der Waals surface area contributed by atoms with Gasteiger partial charge in [0.2, 0.25) is 0 Å². The highest BCUT2D eigenvalue weighted by Gasteiger charge is 2.17. The van der Waals surface area contributed by atoms with Crippen LogP contribution in [0.2, 0.25) is 0 Å². The average molecular weight is 262 g/mol. The molecule has 0 bridgehead atoms. The Morgan fingerprint density at radius 2 is 1.95 bits per heavy atom. The summed E-state index contributed by atoms with van der Waals surface area (Å²) in [6.45, 7) is 5.75. The molecule has 4 nitrogen and oxygen atoms in total. The fourth-order valence-corrected chi connectivity index (χ4v) is 3.33. The molecule has 1 aromatic heterocycles. The Hall–Kier alpha value is -0.870. The van der Waals surface area contributed by atoms with Crippen LogP contribution in [-0.4, -0.2) is 47.6 Å². The second-order valence-electron chi connectivity index (χ2n) is 5.96. The molecule has 2 aliphatic rings. The van der Waals surface area contributed by atoms with Gasteiger partial charge in [0.1, 0.15) is 5.82 Å². The molecule has 106 valence electrons. The zero-order valence-electron chi connectivity index (χ0n) is 11.8. The van der Waals surface area contributed by atoms with Crippen molar-refractivity contribution in [2.75, 3.05) is 32.7 Å². The summed E-state index contributed by atoms with van der Waals surface area (Å²) in [5, 5.41) is 3.39. The lowest BCUT2D eigenvalue weighted by molar-refractivity contribution is 0.242. The van der Waals surface area contributed by atoms with E-state index in [1.165, 1.54) is 56.7 Å². The molecule has 1 aliphatic heterocycles. The third kappa shape index (κ3) is 3.57. The molecule has 0 amide bonds. The van der Waals surface area contributed by atoms with Gasteiger partial charge in [-0.25, -0.2) is 4.98 Å². The predicted octanol–water partition coefficient (Wildman–Crippen LogP) is 1.91. The summed E-state index contributed by atoms with van der Waals surface area (Å²) in [7, 11) is 0. The van der Waals surface area contributed by atoms with E-state index in [0.29, 0.717) is 0 Å². The van der Waals surface area contributed by atoms with Crippen molar-refractivity contribution in [3.8, 4) is 0 Å². The second-order valence-corrected chi connectivity index (χ2v) is 5.96. The highest BCUT2D eigenvalue weighted by molar-refractivity contribution is 5.08. The Morgan fingerprint density at radius 1 is 1.16 bits per heavy atom. The van der Waals surface area contributed by atoms with Gasteiger partial charge in [-0.3, -0.25) is 0 Å². The minimum Gasteiger partial charge on any atom is -0.346 e. The molecule has 0 aromatic carbocycles. The molecule has 4 heteroatoms. The molecular weight excluding hydrogens is 236 g/mol. The van der Waals surface area contributed by atoms with Crippen LogP contribution in [0.25, 0.3) is 0 Å². The van der Waals surface area contributed by atoms with Crippen LogP contribution in [0.15, 0.2) is 6.20 Å². The number of H-pyrrole nitrogens is 1. The first-order valence-corrected chi connectivity index (χ1v) is 7.88. The van der Waals surface area contributed by atoms with E-state index in [1.54, 1.807) is 0 Å². The van der Waals surface area contributed by atoms with Crippen LogP contribution in [0.1, 0.15) is 49.5 Å². The summed E-state index contributed by atoms with van der Waals surface area (Å²) in [5.74, 6) is 1.92. The molecule has 2 N–H and O–H groups in total. The van der Waals surface area contributed by atoms with E-state index in [9.17, 15) is 0 Å². The van der Waals surface area contributed by atoms with Crippen molar-refractivity contribution in [3.05, 3.63) is 17.7 Å². The zero-order valence-corrected chi connectivity index (χ0v) is 11.8. The summed E-state index contributed by atoms with van der Waals surface area (Å²) in [4.78, 5) is 10.7. The Bertz CT molecular complexity index is 375. The first kappa shape index (κ1) is 13.1. The molecule has 0 radical (unpaired) electrons. The van der Waals surface area contributed by atoms with E-state index in [-0.39, 0.29) is 0 Å². The SMILES string of the molecule is c1nc(CCN2CCNCC2)[nH]c1C1CCCCC1. The average Bonchev–Trinajstić information content (AvgIpc) is 2.96. The standard InChI is InChI=1S/C15H26N4/c1-2-4-13(5-3-1)14-12-17-15(18-14)6-9-19-10-7-16-8-11-19/h12-13,16H,1-11H2,(H,17,18). The number of piperazine rings is 1. The molecule has 2 heterocycles. The van der Waals surface area contributed by atoms with Crippen LogP contribution in [-0.2, 0) is 6.42 Å². The Labute approximate surface area is 116 Å². The topological polar surface area (TPSA) is 44.0 Å². The molecular formula is C15H26N4. The van der Waals surface area contributed by atoms with Crippen molar-refractivity contribution >= 4 is 0 Å². The summed E-state index contributed by atoms with van der Waals surface area (Å²) in [6.07, 6.45) is 10.0. The van der Waals surface area contributed by atoms with E-state index in [4.69, 9.17) is 0 Å². The fraction of sp³-hybridized carbons (Fsp3) is 0.800. The molecule has 1 saturated heterocycles. The van der Waals surface area contributed by atoms with Crippen molar-refractivity contribution in [1.29, 1.82) is 0 Å². The quantitative estimate of drug-likeness (QED) is 0.871. The lowest BCUT2D eigenvalue weighted by Gasteiger charge is -2.26. The molecule has 0 atom stereocenters. The lowest BCUT2D eigenvalue weighted by Crippen LogP contribution is -2.44. The number of hydrogen-bond acceptors (Lipinski definition) is 3. The molecule has 2 fully saturated rings. The van der Waals surface area contributed by atoms with Gasteiger partial charge in [-0.2, -0.15) is 0 Å². The van der Waals surface area contributed by atoms with Gasteiger partial charge in [0.05, 0.1) is 0 Å². The number of nitrogens with zero attached hydrogens (tertiary/aromatic N) is 2. The van der Waals surface area contributed by atoms with Crippen LogP contribution in [0.4, 0.5) is 0 Å². The minimum atomic E-state index is 0.745. The van der Waals surface area contributed by atoms with Crippen molar-refractivity contribution in [3.63, 3.8) is 0 Å². The first-order chi connectivity index (χ1) is 9.42. The monoisotopic (exact) mass is 262 g/mol. The molecule has 1 aromatic rings. The summed E-state index contributed by atoms with van der Waals surface area (Å²) in [5.41, 5.74) is 1.38.